The predicted molar refractivity (Wildman–Crippen MR) is 57.8 cm³/mol. The Morgan fingerprint density at radius 3 is 2.88 bits per heavy atom. The molecule has 0 fully saturated rings. The fourth-order valence-electron chi connectivity index (χ4n) is 1.46. The maximum atomic E-state index is 11.3. The van der Waals surface area contributed by atoms with Crippen molar-refractivity contribution in [3.05, 3.63) is 41.6 Å². The van der Waals surface area contributed by atoms with Crippen LogP contribution < -0.4 is 0 Å². The molecule has 0 N–H and O–H groups in total. The topological polar surface area (TPSA) is 63.0 Å². The van der Waals surface area contributed by atoms with E-state index >= 15 is 0 Å². The largest absolute Gasteiger partial charge is 0.464 e. The minimum atomic E-state index is -0.505. The van der Waals surface area contributed by atoms with Gasteiger partial charge in [0.15, 0.2) is 0 Å². The van der Waals surface area contributed by atoms with Gasteiger partial charge in [0.2, 0.25) is 0 Å². The number of rotatable bonds is 1. The summed E-state index contributed by atoms with van der Waals surface area (Å²) in [5.74, 6) is -0.505. The molecule has 1 aromatic heterocycles. The summed E-state index contributed by atoms with van der Waals surface area (Å²) in [4.78, 5) is 15.4. The van der Waals surface area contributed by atoms with E-state index in [9.17, 15) is 4.79 Å². The van der Waals surface area contributed by atoms with E-state index in [2.05, 4.69) is 9.72 Å². The molecule has 2 rings (SSSR count). The molecule has 1 heterocycles. The number of pyridine rings is 1. The van der Waals surface area contributed by atoms with E-state index in [1.807, 2.05) is 12.1 Å². The number of ether oxygens (including phenoxy) is 1. The first kappa shape index (κ1) is 10.1. The predicted octanol–water partition coefficient (Wildman–Crippen LogP) is 1.89. The molecule has 0 bridgehead atoms. The molecule has 0 saturated heterocycles. The van der Waals surface area contributed by atoms with Crippen LogP contribution in [0.3, 0.4) is 0 Å². The number of para-hydroxylation sites is 1. The number of nitriles is 1. The van der Waals surface area contributed by atoms with Crippen molar-refractivity contribution in [1.82, 2.24) is 4.98 Å². The molecule has 0 aliphatic heterocycles. The second-order valence-electron chi connectivity index (χ2n) is 3.18. The first-order valence-corrected chi connectivity index (χ1v) is 4.64. The number of carbonyl (C=O) groups is 1. The maximum absolute atomic E-state index is 11.3. The Bertz CT molecular complexity index is 599. The van der Waals surface area contributed by atoms with Crippen molar-refractivity contribution in [3.63, 3.8) is 0 Å². The molecule has 0 unspecified atom stereocenters. The van der Waals surface area contributed by atoms with Crippen molar-refractivity contribution >= 4 is 16.9 Å². The second kappa shape index (κ2) is 3.99. The minimum Gasteiger partial charge on any atom is -0.464 e. The number of nitrogens with zero attached hydrogens (tertiary/aromatic N) is 2. The molecule has 4 nitrogen and oxygen atoms in total. The highest BCUT2D eigenvalue weighted by atomic mass is 16.5. The lowest BCUT2D eigenvalue weighted by atomic mass is 10.1. The zero-order valence-corrected chi connectivity index (χ0v) is 8.60. The lowest BCUT2D eigenvalue weighted by Crippen LogP contribution is -2.04. The quantitative estimate of drug-likeness (QED) is 0.677. The van der Waals surface area contributed by atoms with Gasteiger partial charge in [0.25, 0.3) is 0 Å². The third-order valence-electron chi connectivity index (χ3n) is 2.24. The first-order chi connectivity index (χ1) is 7.76. The van der Waals surface area contributed by atoms with E-state index in [1.165, 1.54) is 7.11 Å². The Morgan fingerprint density at radius 1 is 1.38 bits per heavy atom. The van der Waals surface area contributed by atoms with Gasteiger partial charge < -0.3 is 4.74 Å². The average molecular weight is 212 g/mol. The Kier molecular flexibility index (Phi) is 2.52. The molecule has 4 heteroatoms. The lowest BCUT2D eigenvalue weighted by molar-refractivity contribution is 0.0594. The number of aromatic nitrogens is 1. The minimum absolute atomic E-state index is 0.206. The number of benzene rings is 1. The fraction of sp³-hybridized carbons (Fsp3) is 0.0833. The molecule has 0 aliphatic rings. The number of esters is 1. The van der Waals surface area contributed by atoms with Gasteiger partial charge in [-0.25, -0.2) is 9.78 Å². The van der Waals surface area contributed by atoms with Crippen molar-refractivity contribution in [2.45, 2.75) is 0 Å². The third kappa shape index (κ3) is 1.59. The van der Waals surface area contributed by atoms with Gasteiger partial charge in [0, 0.05) is 5.39 Å². The molecule has 1 aromatic carbocycles. The number of carbonyl (C=O) groups excluding carboxylic acids is 1. The van der Waals surface area contributed by atoms with E-state index in [0.717, 1.165) is 5.39 Å². The Balaban J connectivity index is 2.69. The van der Waals surface area contributed by atoms with Crippen LogP contribution in [0.25, 0.3) is 10.9 Å². The highest BCUT2D eigenvalue weighted by molar-refractivity contribution is 5.92. The molecule has 0 spiro atoms. The van der Waals surface area contributed by atoms with Gasteiger partial charge >= 0.3 is 5.97 Å². The smallest absolute Gasteiger partial charge is 0.356 e. The van der Waals surface area contributed by atoms with Crippen molar-refractivity contribution in [1.29, 1.82) is 5.26 Å². The van der Waals surface area contributed by atoms with Gasteiger partial charge in [0.1, 0.15) is 11.8 Å². The molecule has 0 radical (unpaired) electrons. The van der Waals surface area contributed by atoms with Crippen LogP contribution in [0.1, 0.15) is 16.1 Å². The summed E-state index contributed by atoms with van der Waals surface area (Å²) in [6.45, 7) is 0. The molecule has 2 aromatic rings. The maximum Gasteiger partial charge on any atom is 0.356 e. The van der Waals surface area contributed by atoms with Gasteiger partial charge in [0.05, 0.1) is 18.2 Å². The third-order valence-corrected chi connectivity index (χ3v) is 2.24. The molecular formula is C12H8N2O2. The highest BCUT2D eigenvalue weighted by Gasteiger charge is 2.09. The Hall–Kier alpha value is -2.41. The number of hydrogen-bond acceptors (Lipinski definition) is 4. The molecule has 78 valence electrons. The summed E-state index contributed by atoms with van der Waals surface area (Å²) in [7, 11) is 1.30. The van der Waals surface area contributed by atoms with Crippen LogP contribution >= 0.6 is 0 Å². The summed E-state index contributed by atoms with van der Waals surface area (Å²) in [6.07, 6.45) is 0. The molecule has 0 aliphatic carbocycles. The van der Waals surface area contributed by atoms with Crippen molar-refractivity contribution in [3.8, 4) is 6.07 Å². The van der Waals surface area contributed by atoms with Crippen LogP contribution in [0.15, 0.2) is 30.3 Å². The fourth-order valence-corrected chi connectivity index (χ4v) is 1.46. The van der Waals surface area contributed by atoms with Gasteiger partial charge in [-0.05, 0) is 12.1 Å². The van der Waals surface area contributed by atoms with E-state index in [0.29, 0.717) is 11.1 Å². The van der Waals surface area contributed by atoms with E-state index in [4.69, 9.17) is 5.26 Å². The van der Waals surface area contributed by atoms with Crippen LogP contribution in [0.4, 0.5) is 0 Å². The monoisotopic (exact) mass is 212 g/mol. The van der Waals surface area contributed by atoms with Crippen molar-refractivity contribution < 1.29 is 9.53 Å². The second-order valence-corrected chi connectivity index (χ2v) is 3.18. The summed E-state index contributed by atoms with van der Waals surface area (Å²) in [6, 6.07) is 10.6. The van der Waals surface area contributed by atoms with Crippen LogP contribution in [-0.2, 0) is 4.74 Å². The Morgan fingerprint density at radius 2 is 2.19 bits per heavy atom. The van der Waals surface area contributed by atoms with Crippen molar-refractivity contribution in [2.75, 3.05) is 7.11 Å². The van der Waals surface area contributed by atoms with E-state index in [-0.39, 0.29) is 5.69 Å². The van der Waals surface area contributed by atoms with Crippen molar-refractivity contribution in [2.24, 2.45) is 0 Å². The number of methoxy groups -OCH3 is 1. The summed E-state index contributed by atoms with van der Waals surface area (Å²) in [5.41, 5.74) is 1.17. The average Bonchev–Trinajstić information content (AvgIpc) is 2.36. The normalized spacial score (nSPS) is 9.75. The van der Waals surface area contributed by atoms with Crippen LogP contribution in [0.2, 0.25) is 0 Å². The standard InChI is InChI=1S/C12H8N2O2/c1-16-12(15)10-6-5-8-3-2-4-9(7-13)11(8)14-10/h2-6H,1H3. The van der Waals surface area contributed by atoms with Gasteiger partial charge in [-0.3, -0.25) is 0 Å². The van der Waals surface area contributed by atoms with Gasteiger partial charge in [-0.1, -0.05) is 18.2 Å². The van der Waals surface area contributed by atoms with Crippen LogP contribution in [-0.4, -0.2) is 18.1 Å². The summed E-state index contributed by atoms with van der Waals surface area (Å²) in [5, 5.41) is 9.74. The number of hydrogen-bond donors (Lipinski definition) is 0. The Labute approximate surface area is 92.1 Å². The molecule has 0 amide bonds. The van der Waals surface area contributed by atoms with E-state index < -0.39 is 5.97 Å². The summed E-state index contributed by atoms with van der Waals surface area (Å²) < 4.78 is 4.57. The van der Waals surface area contributed by atoms with Gasteiger partial charge in [-0.15, -0.1) is 0 Å². The zero-order chi connectivity index (χ0) is 11.5. The first-order valence-electron chi connectivity index (χ1n) is 4.64. The number of fused-ring (bicyclic) bond motifs is 1. The molecule has 0 atom stereocenters. The molecule has 16 heavy (non-hydrogen) atoms. The van der Waals surface area contributed by atoms with Crippen LogP contribution in [0.5, 0.6) is 0 Å². The molecular weight excluding hydrogens is 204 g/mol. The SMILES string of the molecule is COC(=O)c1ccc2cccc(C#N)c2n1. The van der Waals surface area contributed by atoms with E-state index in [1.54, 1.807) is 24.3 Å². The highest BCUT2D eigenvalue weighted by Crippen LogP contribution is 2.16. The van der Waals surface area contributed by atoms with Gasteiger partial charge in [-0.2, -0.15) is 5.26 Å². The summed E-state index contributed by atoms with van der Waals surface area (Å²) >= 11 is 0. The molecule has 0 saturated carbocycles. The zero-order valence-electron chi connectivity index (χ0n) is 8.60. The van der Waals surface area contributed by atoms with Crippen LogP contribution in [0, 0.1) is 11.3 Å². The lowest BCUT2D eigenvalue weighted by Gasteiger charge is -2.02.